The largest absolute Gasteiger partial charge is 0.506 e. The number of hydrogen-bond donors (Lipinski definition) is 3. The molecule has 5 heteroatoms. The molecule has 2 rings (SSSR count). The van der Waals surface area contributed by atoms with E-state index in [-0.39, 0.29) is 23.3 Å². The van der Waals surface area contributed by atoms with Crippen LogP contribution in [0.25, 0.3) is 0 Å². The third-order valence-electron chi connectivity index (χ3n) is 2.64. The van der Waals surface area contributed by atoms with E-state index < -0.39 is 0 Å². The second kappa shape index (κ2) is 6.80. The lowest BCUT2D eigenvalue weighted by Crippen LogP contribution is -2.11. The summed E-state index contributed by atoms with van der Waals surface area (Å²) >= 11 is 5.77. The second-order valence-electron chi connectivity index (χ2n) is 4.16. The van der Waals surface area contributed by atoms with E-state index >= 15 is 0 Å². The van der Waals surface area contributed by atoms with Crippen molar-refractivity contribution >= 4 is 23.2 Å². The molecule has 0 aromatic heterocycles. The van der Waals surface area contributed by atoms with E-state index in [9.17, 15) is 9.90 Å². The number of amides is 1. The van der Waals surface area contributed by atoms with Crippen LogP contribution in [0.2, 0.25) is 5.02 Å². The first-order chi connectivity index (χ1) is 10.1. The van der Waals surface area contributed by atoms with E-state index in [0.717, 1.165) is 0 Å². The number of aromatic hydroxyl groups is 1. The number of carbonyl (C=O) groups excluding carboxylic acids is 1. The van der Waals surface area contributed by atoms with E-state index in [1.807, 2.05) is 0 Å². The van der Waals surface area contributed by atoms with Gasteiger partial charge in [-0.05, 0) is 36.4 Å². The Morgan fingerprint density at radius 1 is 1.24 bits per heavy atom. The first-order valence-electron chi connectivity index (χ1n) is 6.10. The van der Waals surface area contributed by atoms with Crippen molar-refractivity contribution in [1.29, 1.82) is 0 Å². The Morgan fingerprint density at radius 2 is 2.05 bits per heavy atom. The van der Waals surface area contributed by atoms with Crippen molar-refractivity contribution in [2.24, 2.45) is 0 Å². The summed E-state index contributed by atoms with van der Waals surface area (Å²) in [7, 11) is 0. The highest BCUT2D eigenvalue weighted by Gasteiger charge is 2.08. The lowest BCUT2D eigenvalue weighted by atomic mass is 10.1. The summed E-state index contributed by atoms with van der Waals surface area (Å²) in [5, 5.41) is 20.8. The molecule has 0 aliphatic carbocycles. The Balaban J connectivity index is 2.17. The summed E-state index contributed by atoms with van der Waals surface area (Å²) in [6.45, 7) is -0.220. The third-order valence-corrected chi connectivity index (χ3v) is 2.94. The number of phenolic OH excluding ortho intramolecular Hbond substituents is 1. The standard InChI is InChI=1S/C16H12ClNO3/c17-14-10-12(6-7-15(14)20)16(21)18-13-5-1-3-11(9-13)4-2-8-19/h1,3,5-7,9-10,19-20H,8H2,(H,18,21). The van der Waals surface area contributed by atoms with E-state index in [2.05, 4.69) is 17.2 Å². The zero-order valence-electron chi connectivity index (χ0n) is 10.9. The molecule has 21 heavy (non-hydrogen) atoms. The van der Waals surface area contributed by atoms with Crippen LogP contribution in [0.3, 0.4) is 0 Å². The molecule has 2 aromatic carbocycles. The van der Waals surface area contributed by atoms with Crippen LogP contribution >= 0.6 is 11.6 Å². The van der Waals surface area contributed by atoms with Gasteiger partial charge in [-0.25, -0.2) is 0 Å². The van der Waals surface area contributed by atoms with E-state index in [1.54, 1.807) is 24.3 Å². The molecule has 0 fully saturated rings. The van der Waals surface area contributed by atoms with Gasteiger partial charge in [-0.2, -0.15) is 0 Å². The molecule has 0 aliphatic rings. The maximum atomic E-state index is 12.1. The first-order valence-corrected chi connectivity index (χ1v) is 6.47. The Morgan fingerprint density at radius 3 is 2.76 bits per heavy atom. The average Bonchev–Trinajstić information content (AvgIpc) is 2.48. The molecule has 0 heterocycles. The van der Waals surface area contributed by atoms with Gasteiger partial charge >= 0.3 is 0 Å². The average molecular weight is 302 g/mol. The number of carbonyl (C=O) groups is 1. The number of anilines is 1. The van der Waals surface area contributed by atoms with Crippen LogP contribution in [0.4, 0.5) is 5.69 Å². The summed E-state index contributed by atoms with van der Waals surface area (Å²) in [5.74, 6) is 4.88. The number of phenols is 1. The fourth-order valence-electron chi connectivity index (χ4n) is 1.67. The van der Waals surface area contributed by atoms with Gasteiger partial charge in [0, 0.05) is 16.8 Å². The minimum absolute atomic E-state index is 0.0745. The zero-order chi connectivity index (χ0) is 15.2. The molecule has 2 aromatic rings. The van der Waals surface area contributed by atoms with Crippen molar-refractivity contribution in [2.45, 2.75) is 0 Å². The third kappa shape index (κ3) is 3.99. The fourth-order valence-corrected chi connectivity index (χ4v) is 1.85. The van der Waals surface area contributed by atoms with Crippen LogP contribution in [0.1, 0.15) is 15.9 Å². The minimum Gasteiger partial charge on any atom is -0.506 e. The number of halogens is 1. The monoisotopic (exact) mass is 301 g/mol. The molecule has 0 radical (unpaired) electrons. The Labute approximate surface area is 127 Å². The van der Waals surface area contributed by atoms with Crippen molar-refractivity contribution in [1.82, 2.24) is 0 Å². The number of nitrogens with one attached hydrogen (secondary N) is 1. The molecule has 0 unspecified atom stereocenters. The Kier molecular flexibility index (Phi) is 4.83. The predicted molar refractivity (Wildman–Crippen MR) is 81.5 cm³/mol. The smallest absolute Gasteiger partial charge is 0.255 e. The van der Waals surface area contributed by atoms with Gasteiger partial charge in [0.15, 0.2) is 0 Å². The van der Waals surface area contributed by atoms with Gasteiger partial charge in [-0.3, -0.25) is 4.79 Å². The Hall–Kier alpha value is -2.48. The van der Waals surface area contributed by atoms with E-state index in [0.29, 0.717) is 16.8 Å². The van der Waals surface area contributed by atoms with Crippen LogP contribution in [0.5, 0.6) is 5.75 Å². The van der Waals surface area contributed by atoms with Gasteiger partial charge in [0.05, 0.1) is 5.02 Å². The molecule has 0 bridgehead atoms. The van der Waals surface area contributed by atoms with Crippen LogP contribution in [-0.4, -0.2) is 22.7 Å². The lowest BCUT2D eigenvalue weighted by molar-refractivity contribution is 0.102. The molecule has 3 N–H and O–H groups in total. The predicted octanol–water partition coefficient (Wildman–Crippen LogP) is 2.64. The Bertz CT molecular complexity index is 732. The quantitative estimate of drug-likeness (QED) is 0.747. The summed E-state index contributed by atoms with van der Waals surface area (Å²) < 4.78 is 0. The summed E-state index contributed by atoms with van der Waals surface area (Å²) in [6, 6.07) is 11.2. The van der Waals surface area contributed by atoms with Crippen molar-refractivity contribution < 1.29 is 15.0 Å². The maximum Gasteiger partial charge on any atom is 0.255 e. The molecule has 0 spiro atoms. The maximum absolute atomic E-state index is 12.1. The van der Waals surface area contributed by atoms with Crippen molar-refractivity contribution in [3.8, 4) is 17.6 Å². The first kappa shape index (κ1) is 14.9. The number of rotatable bonds is 2. The molecule has 106 valence electrons. The van der Waals surface area contributed by atoms with Gasteiger partial charge in [-0.15, -0.1) is 0 Å². The molecule has 0 saturated carbocycles. The van der Waals surface area contributed by atoms with Gasteiger partial charge in [0.1, 0.15) is 12.4 Å². The summed E-state index contributed by atoms with van der Waals surface area (Å²) in [5.41, 5.74) is 1.60. The van der Waals surface area contributed by atoms with Crippen LogP contribution in [0, 0.1) is 11.8 Å². The van der Waals surface area contributed by atoms with Gasteiger partial charge in [0.25, 0.3) is 5.91 Å². The summed E-state index contributed by atoms with van der Waals surface area (Å²) in [6.07, 6.45) is 0. The van der Waals surface area contributed by atoms with E-state index in [1.165, 1.54) is 18.2 Å². The molecular formula is C16H12ClNO3. The molecule has 0 aliphatic heterocycles. The lowest BCUT2D eigenvalue weighted by Gasteiger charge is -2.06. The fraction of sp³-hybridized carbons (Fsp3) is 0.0625. The molecule has 1 amide bonds. The van der Waals surface area contributed by atoms with Crippen molar-refractivity contribution in [3.05, 3.63) is 58.6 Å². The van der Waals surface area contributed by atoms with E-state index in [4.69, 9.17) is 16.7 Å². The van der Waals surface area contributed by atoms with Crippen LogP contribution < -0.4 is 5.32 Å². The molecular weight excluding hydrogens is 290 g/mol. The van der Waals surface area contributed by atoms with Gasteiger partial charge in [0.2, 0.25) is 0 Å². The highest BCUT2D eigenvalue weighted by molar-refractivity contribution is 6.32. The number of benzene rings is 2. The number of hydrogen-bond acceptors (Lipinski definition) is 3. The molecule has 0 atom stereocenters. The van der Waals surface area contributed by atoms with Crippen molar-refractivity contribution in [3.63, 3.8) is 0 Å². The highest BCUT2D eigenvalue weighted by Crippen LogP contribution is 2.24. The van der Waals surface area contributed by atoms with Gasteiger partial charge < -0.3 is 15.5 Å². The highest BCUT2D eigenvalue weighted by atomic mass is 35.5. The molecule has 0 saturated heterocycles. The van der Waals surface area contributed by atoms with Gasteiger partial charge in [-0.1, -0.05) is 29.5 Å². The molecule has 4 nitrogen and oxygen atoms in total. The van der Waals surface area contributed by atoms with Crippen molar-refractivity contribution in [2.75, 3.05) is 11.9 Å². The SMILES string of the molecule is O=C(Nc1cccc(C#CCO)c1)c1ccc(O)c(Cl)c1. The number of aliphatic hydroxyl groups is 1. The zero-order valence-corrected chi connectivity index (χ0v) is 11.7. The number of aliphatic hydroxyl groups excluding tert-OH is 1. The second-order valence-corrected chi connectivity index (χ2v) is 4.57. The van der Waals surface area contributed by atoms with Crippen LogP contribution in [-0.2, 0) is 0 Å². The topological polar surface area (TPSA) is 69.6 Å². The minimum atomic E-state index is -0.343. The summed E-state index contributed by atoms with van der Waals surface area (Å²) in [4.78, 5) is 12.1. The normalized spacial score (nSPS) is 9.62. The van der Waals surface area contributed by atoms with Crippen LogP contribution in [0.15, 0.2) is 42.5 Å².